The monoisotopic (exact) mass is 271 g/mol. The van der Waals surface area contributed by atoms with Crippen molar-refractivity contribution >= 4 is 18.1 Å². The van der Waals surface area contributed by atoms with Gasteiger partial charge in [-0.3, -0.25) is 15.0 Å². The van der Waals surface area contributed by atoms with E-state index in [-0.39, 0.29) is 29.1 Å². The van der Waals surface area contributed by atoms with Crippen LogP contribution in [0.25, 0.3) is 0 Å². The van der Waals surface area contributed by atoms with Crippen LogP contribution in [-0.4, -0.2) is 29.0 Å². The molecule has 1 aromatic rings. The largest absolute Gasteiger partial charge is 0.327 e. The molecule has 1 unspecified atom stereocenters. The SMILES string of the molecule is Cl.NC1CCCN(Cc2ccccc2[N+](=O)[O-])C1. The van der Waals surface area contributed by atoms with E-state index in [0.717, 1.165) is 31.5 Å². The van der Waals surface area contributed by atoms with Crippen LogP contribution in [0.15, 0.2) is 24.3 Å². The summed E-state index contributed by atoms with van der Waals surface area (Å²) in [5, 5.41) is 10.9. The third-order valence-corrected chi connectivity index (χ3v) is 3.12. The molecule has 1 aromatic carbocycles. The van der Waals surface area contributed by atoms with Crippen molar-refractivity contribution in [3.63, 3.8) is 0 Å². The van der Waals surface area contributed by atoms with Gasteiger partial charge in [-0.05, 0) is 19.4 Å². The topological polar surface area (TPSA) is 72.4 Å². The van der Waals surface area contributed by atoms with Crippen LogP contribution in [0.3, 0.4) is 0 Å². The van der Waals surface area contributed by atoms with Crippen LogP contribution in [-0.2, 0) is 6.54 Å². The summed E-state index contributed by atoms with van der Waals surface area (Å²) in [7, 11) is 0. The van der Waals surface area contributed by atoms with Crippen molar-refractivity contribution in [2.24, 2.45) is 5.73 Å². The summed E-state index contributed by atoms with van der Waals surface area (Å²) in [4.78, 5) is 12.8. The van der Waals surface area contributed by atoms with Crippen LogP contribution < -0.4 is 5.73 Å². The van der Waals surface area contributed by atoms with Crippen LogP contribution in [0.1, 0.15) is 18.4 Å². The maximum atomic E-state index is 10.9. The summed E-state index contributed by atoms with van der Waals surface area (Å²) in [5.41, 5.74) is 6.87. The number of hydrogen-bond donors (Lipinski definition) is 1. The summed E-state index contributed by atoms with van der Waals surface area (Å²) in [6.45, 7) is 2.41. The normalized spacial score (nSPS) is 20.2. The minimum atomic E-state index is -0.320. The van der Waals surface area contributed by atoms with Gasteiger partial charge in [0.2, 0.25) is 0 Å². The minimum Gasteiger partial charge on any atom is -0.327 e. The van der Waals surface area contributed by atoms with Crippen LogP contribution in [0.4, 0.5) is 5.69 Å². The molecule has 0 aliphatic carbocycles. The molecule has 5 nitrogen and oxygen atoms in total. The van der Waals surface area contributed by atoms with E-state index in [4.69, 9.17) is 5.73 Å². The number of nitrogens with zero attached hydrogens (tertiary/aromatic N) is 2. The van der Waals surface area contributed by atoms with E-state index in [1.165, 1.54) is 0 Å². The van der Waals surface area contributed by atoms with Crippen molar-refractivity contribution in [1.29, 1.82) is 0 Å². The van der Waals surface area contributed by atoms with Crippen LogP contribution >= 0.6 is 12.4 Å². The fourth-order valence-corrected chi connectivity index (χ4v) is 2.30. The second-order valence-corrected chi connectivity index (χ2v) is 4.52. The zero-order valence-corrected chi connectivity index (χ0v) is 10.9. The lowest BCUT2D eigenvalue weighted by atomic mass is 10.1. The molecule has 2 rings (SSSR count). The number of likely N-dealkylation sites (tertiary alicyclic amines) is 1. The highest BCUT2D eigenvalue weighted by Gasteiger charge is 2.20. The van der Waals surface area contributed by atoms with Gasteiger partial charge in [-0.1, -0.05) is 18.2 Å². The highest BCUT2D eigenvalue weighted by molar-refractivity contribution is 5.85. The van der Waals surface area contributed by atoms with E-state index in [0.29, 0.717) is 6.54 Å². The lowest BCUT2D eigenvalue weighted by Gasteiger charge is -2.30. The first-order chi connectivity index (χ1) is 8.16. The average molecular weight is 272 g/mol. The van der Waals surface area contributed by atoms with Crippen molar-refractivity contribution in [2.75, 3.05) is 13.1 Å². The van der Waals surface area contributed by atoms with Gasteiger partial charge in [0.1, 0.15) is 0 Å². The maximum Gasteiger partial charge on any atom is 0.273 e. The van der Waals surface area contributed by atoms with Crippen molar-refractivity contribution in [2.45, 2.75) is 25.4 Å². The maximum absolute atomic E-state index is 10.9. The van der Waals surface area contributed by atoms with E-state index < -0.39 is 0 Å². The smallest absolute Gasteiger partial charge is 0.273 e. The Morgan fingerprint density at radius 1 is 1.44 bits per heavy atom. The number of hydrogen-bond acceptors (Lipinski definition) is 4. The fraction of sp³-hybridized carbons (Fsp3) is 0.500. The number of nitro benzene ring substituents is 1. The molecule has 0 amide bonds. The van der Waals surface area contributed by atoms with Gasteiger partial charge in [0.15, 0.2) is 0 Å². The van der Waals surface area contributed by atoms with Crippen molar-refractivity contribution in [1.82, 2.24) is 4.90 Å². The van der Waals surface area contributed by atoms with E-state index in [2.05, 4.69) is 4.90 Å². The van der Waals surface area contributed by atoms with Gasteiger partial charge in [0.25, 0.3) is 5.69 Å². The zero-order chi connectivity index (χ0) is 12.3. The van der Waals surface area contributed by atoms with Gasteiger partial charge in [-0.15, -0.1) is 12.4 Å². The first-order valence-corrected chi connectivity index (χ1v) is 5.87. The predicted octanol–water partition coefficient (Wildman–Crippen LogP) is 1.94. The van der Waals surface area contributed by atoms with Crippen molar-refractivity contribution in [3.8, 4) is 0 Å². The van der Waals surface area contributed by atoms with E-state index in [9.17, 15) is 10.1 Å². The van der Waals surface area contributed by atoms with Crippen LogP contribution in [0.2, 0.25) is 0 Å². The summed E-state index contributed by atoms with van der Waals surface area (Å²) in [6, 6.07) is 7.11. The molecule has 0 bridgehead atoms. The molecule has 100 valence electrons. The van der Waals surface area contributed by atoms with Gasteiger partial charge in [-0.25, -0.2) is 0 Å². The molecular formula is C12H18ClN3O2. The molecule has 1 heterocycles. The number of piperidine rings is 1. The van der Waals surface area contributed by atoms with Crippen LogP contribution in [0.5, 0.6) is 0 Å². The molecule has 1 saturated heterocycles. The Bertz CT molecular complexity index is 414. The first-order valence-electron chi connectivity index (χ1n) is 5.87. The third kappa shape index (κ3) is 3.66. The Morgan fingerprint density at radius 3 is 2.83 bits per heavy atom. The highest BCUT2D eigenvalue weighted by Crippen LogP contribution is 2.21. The van der Waals surface area contributed by atoms with Crippen molar-refractivity contribution < 1.29 is 4.92 Å². The Hall–Kier alpha value is -1.17. The van der Waals surface area contributed by atoms with Gasteiger partial charge in [0.05, 0.1) is 4.92 Å². The summed E-state index contributed by atoms with van der Waals surface area (Å²) in [6.07, 6.45) is 2.12. The predicted molar refractivity (Wildman–Crippen MR) is 72.8 cm³/mol. The molecule has 0 radical (unpaired) electrons. The Morgan fingerprint density at radius 2 is 2.17 bits per heavy atom. The van der Waals surface area contributed by atoms with Gasteiger partial charge in [0, 0.05) is 30.8 Å². The Labute approximate surface area is 113 Å². The molecule has 18 heavy (non-hydrogen) atoms. The summed E-state index contributed by atoms with van der Waals surface area (Å²) >= 11 is 0. The molecule has 0 spiro atoms. The molecule has 0 saturated carbocycles. The second kappa shape index (κ2) is 6.68. The molecule has 1 fully saturated rings. The summed E-state index contributed by atoms with van der Waals surface area (Å²) in [5.74, 6) is 0. The van der Waals surface area contributed by atoms with Gasteiger partial charge >= 0.3 is 0 Å². The number of rotatable bonds is 3. The molecule has 1 aliphatic rings. The molecule has 6 heteroatoms. The van der Waals surface area contributed by atoms with Gasteiger partial charge in [-0.2, -0.15) is 0 Å². The fourth-order valence-electron chi connectivity index (χ4n) is 2.30. The van der Waals surface area contributed by atoms with Crippen molar-refractivity contribution in [3.05, 3.63) is 39.9 Å². The molecular weight excluding hydrogens is 254 g/mol. The minimum absolute atomic E-state index is 0. The number of nitrogens with two attached hydrogens (primary N) is 1. The van der Waals surface area contributed by atoms with Crippen LogP contribution in [0, 0.1) is 10.1 Å². The number of nitro groups is 1. The lowest BCUT2D eigenvalue weighted by Crippen LogP contribution is -2.42. The summed E-state index contributed by atoms with van der Waals surface area (Å²) < 4.78 is 0. The number of halogens is 1. The average Bonchev–Trinajstić information content (AvgIpc) is 2.29. The molecule has 2 N–H and O–H groups in total. The standard InChI is InChI=1S/C12H17N3O2.ClH/c13-11-5-3-7-14(9-11)8-10-4-1-2-6-12(10)15(16)17;/h1-2,4,6,11H,3,5,7-9,13H2;1H. The number of benzene rings is 1. The third-order valence-electron chi connectivity index (χ3n) is 3.12. The molecule has 0 aromatic heterocycles. The molecule has 1 atom stereocenters. The van der Waals surface area contributed by atoms with E-state index >= 15 is 0 Å². The second-order valence-electron chi connectivity index (χ2n) is 4.52. The number of para-hydroxylation sites is 1. The first kappa shape index (κ1) is 14.9. The highest BCUT2D eigenvalue weighted by atomic mass is 35.5. The molecule has 1 aliphatic heterocycles. The quantitative estimate of drug-likeness (QED) is 0.674. The zero-order valence-electron chi connectivity index (χ0n) is 10.1. The Kier molecular flexibility index (Phi) is 5.53. The van der Waals surface area contributed by atoms with E-state index in [1.54, 1.807) is 12.1 Å². The lowest BCUT2D eigenvalue weighted by molar-refractivity contribution is -0.385. The Balaban J connectivity index is 0.00000162. The van der Waals surface area contributed by atoms with E-state index in [1.807, 2.05) is 12.1 Å². The van der Waals surface area contributed by atoms with Gasteiger partial charge < -0.3 is 5.73 Å².